The van der Waals surface area contributed by atoms with Crippen LogP contribution in [0.4, 0.5) is 0 Å². The van der Waals surface area contributed by atoms with Crippen molar-refractivity contribution >= 4 is 11.8 Å². The molecule has 0 saturated carbocycles. The quantitative estimate of drug-likeness (QED) is 0.606. The number of nitrogens with one attached hydrogen (secondary N) is 2. The minimum atomic E-state index is -0.127. The Bertz CT molecular complexity index is 852. The Labute approximate surface area is 180 Å². The fourth-order valence-corrected chi connectivity index (χ4v) is 2.92. The SMILES string of the molecule is Cc1ccc(C(=O)NCCNC(=O)CCCOc2ccc(C(C)(C)C)cc2)cc1C. The van der Waals surface area contributed by atoms with Gasteiger partial charge < -0.3 is 15.4 Å². The molecule has 2 aromatic carbocycles. The van der Waals surface area contributed by atoms with Gasteiger partial charge in [-0.3, -0.25) is 9.59 Å². The number of carbonyl (C=O) groups is 2. The van der Waals surface area contributed by atoms with E-state index in [0.717, 1.165) is 16.9 Å². The first-order chi connectivity index (χ1) is 14.2. The highest BCUT2D eigenvalue weighted by molar-refractivity contribution is 5.94. The number of aryl methyl sites for hydroxylation is 2. The van der Waals surface area contributed by atoms with E-state index in [9.17, 15) is 9.59 Å². The van der Waals surface area contributed by atoms with Gasteiger partial charge in [0.2, 0.25) is 5.91 Å². The molecule has 2 rings (SSSR count). The molecule has 0 radical (unpaired) electrons. The molecule has 0 atom stereocenters. The first-order valence-corrected chi connectivity index (χ1v) is 10.5. The molecule has 162 valence electrons. The smallest absolute Gasteiger partial charge is 0.251 e. The van der Waals surface area contributed by atoms with Gasteiger partial charge in [0, 0.05) is 25.1 Å². The van der Waals surface area contributed by atoms with Gasteiger partial charge >= 0.3 is 0 Å². The van der Waals surface area contributed by atoms with Gasteiger partial charge in [0.1, 0.15) is 5.75 Å². The fraction of sp³-hybridized carbons (Fsp3) is 0.440. The van der Waals surface area contributed by atoms with Crippen molar-refractivity contribution in [2.45, 2.75) is 52.9 Å². The highest BCUT2D eigenvalue weighted by Crippen LogP contribution is 2.24. The molecule has 0 aliphatic rings. The minimum absolute atomic E-state index is 0.0397. The van der Waals surface area contributed by atoms with Gasteiger partial charge in [-0.2, -0.15) is 0 Å². The van der Waals surface area contributed by atoms with Crippen molar-refractivity contribution in [2.24, 2.45) is 0 Å². The standard InChI is InChI=1S/C25H34N2O3/c1-18-8-9-20(17-19(18)2)24(29)27-15-14-26-23(28)7-6-16-30-22-12-10-21(11-13-22)25(3,4)5/h8-13,17H,6-7,14-16H2,1-5H3,(H,26,28)(H,27,29). The van der Waals surface area contributed by atoms with Crippen LogP contribution in [0.3, 0.4) is 0 Å². The van der Waals surface area contributed by atoms with Gasteiger partial charge in [-0.1, -0.05) is 39.0 Å². The molecule has 0 aliphatic heterocycles. The van der Waals surface area contributed by atoms with E-state index in [4.69, 9.17) is 4.74 Å². The molecule has 0 fully saturated rings. The molecule has 2 aromatic rings. The Hall–Kier alpha value is -2.82. The molecular formula is C25H34N2O3. The summed E-state index contributed by atoms with van der Waals surface area (Å²) >= 11 is 0. The Balaban J connectivity index is 1.59. The predicted octanol–water partition coefficient (Wildman–Crippen LogP) is 4.31. The number of hydrogen-bond acceptors (Lipinski definition) is 3. The maximum absolute atomic E-state index is 12.1. The third kappa shape index (κ3) is 7.54. The van der Waals surface area contributed by atoms with Crippen LogP contribution in [0.15, 0.2) is 42.5 Å². The lowest BCUT2D eigenvalue weighted by Gasteiger charge is -2.19. The molecule has 0 unspecified atom stereocenters. The van der Waals surface area contributed by atoms with E-state index >= 15 is 0 Å². The van der Waals surface area contributed by atoms with E-state index in [0.29, 0.717) is 38.1 Å². The summed E-state index contributed by atoms with van der Waals surface area (Å²) in [6.07, 6.45) is 1.03. The normalized spacial score (nSPS) is 11.1. The summed E-state index contributed by atoms with van der Waals surface area (Å²) < 4.78 is 5.71. The summed E-state index contributed by atoms with van der Waals surface area (Å²) in [4.78, 5) is 24.1. The second kappa shape index (κ2) is 10.8. The number of carbonyl (C=O) groups excluding carboxylic acids is 2. The largest absolute Gasteiger partial charge is 0.494 e. The van der Waals surface area contributed by atoms with Crippen LogP contribution in [-0.2, 0) is 10.2 Å². The van der Waals surface area contributed by atoms with Crippen LogP contribution >= 0.6 is 0 Å². The van der Waals surface area contributed by atoms with Gasteiger partial charge in [0.15, 0.2) is 0 Å². The lowest BCUT2D eigenvalue weighted by atomic mass is 9.87. The van der Waals surface area contributed by atoms with Crippen molar-refractivity contribution in [3.8, 4) is 5.75 Å². The molecule has 0 aliphatic carbocycles. The average molecular weight is 411 g/mol. The summed E-state index contributed by atoms with van der Waals surface area (Å²) in [6, 6.07) is 13.7. The monoisotopic (exact) mass is 410 g/mol. The van der Waals surface area contributed by atoms with E-state index < -0.39 is 0 Å². The number of amides is 2. The van der Waals surface area contributed by atoms with Crippen LogP contribution in [0.5, 0.6) is 5.75 Å². The molecule has 5 nitrogen and oxygen atoms in total. The molecule has 5 heteroatoms. The zero-order valence-electron chi connectivity index (χ0n) is 18.8. The maximum atomic E-state index is 12.1. The van der Waals surface area contributed by atoms with Crippen molar-refractivity contribution in [1.29, 1.82) is 0 Å². The topological polar surface area (TPSA) is 67.4 Å². The highest BCUT2D eigenvalue weighted by atomic mass is 16.5. The fourth-order valence-electron chi connectivity index (χ4n) is 2.92. The van der Waals surface area contributed by atoms with Crippen molar-refractivity contribution in [3.63, 3.8) is 0 Å². The van der Waals surface area contributed by atoms with Crippen LogP contribution in [0.1, 0.15) is 60.7 Å². The van der Waals surface area contributed by atoms with Crippen LogP contribution in [-0.4, -0.2) is 31.5 Å². The summed E-state index contributed by atoms with van der Waals surface area (Å²) in [5.41, 5.74) is 4.26. The second-order valence-corrected chi connectivity index (χ2v) is 8.63. The van der Waals surface area contributed by atoms with Crippen LogP contribution in [0.2, 0.25) is 0 Å². The van der Waals surface area contributed by atoms with E-state index in [1.54, 1.807) is 0 Å². The van der Waals surface area contributed by atoms with E-state index in [1.165, 1.54) is 5.56 Å². The molecule has 0 saturated heterocycles. The third-order valence-corrected chi connectivity index (χ3v) is 5.04. The van der Waals surface area contributed by atoms with Crippen LogP contribution in [0, 0.1) is 13.8 Å². The Morgan fingerprint density at radius 3 is 2.20 bits per heavy atom. The number of hydrogen-bond donors (Lipinski definition) is 2. The van der Waals surface area contributed by atoms with Gasteiger partial charge in [0.05, 0.1) is 6.61 Å². The first kappa shape index (κ1) is 23.5. The maximum Gasteiger partial charge on any atom is 0.251 e. The van der Waals surface area contributed by atoms with Crippen LogP contribution in [0.25, 0.3) is 0 Å². The molecule has 0 aromatic heterocycles. The van der Waals surface area contributed by atoms with Crippen molar-refractivity contribution < 1.29 is 14.3 Å². The zero-order valence-corrected chi connectivity index (χ0v) is 18.8. The number of rotatable bonds is 9. The Kier molecular flexibility index (Phi) is 8.46. The first-order valence-electron chi connectivity index (χ1n) is 10.5. The van der Waals surface area contributed by atoms with Crippen LogP contribution < -0.4 is 15.4 Å². The Morgan fingerprint density at radius 1 is 0.900 bits per heavy atom. The number of benzene rings is 2. The predicted molar refractivity (Wildman–Crippen MR) is 121 cm³/mol. The molecule has 2 amide bonds. The van der Waals surface area contributed by atoms with E-state index in [1.807, 2.05) is 44.2 Å². The van der Waals surface area contributed by atoms with Gasteiger partial charge in [0.25, 0.3) is 5.91 Å². The van der Waals surface area contributed by atoms with Crippen molar-refractivity contribution in [1.82, 2.24) is 10.6 Å². The van der Waals surface area contributed by atoms with Crippen molar-refractivity contribution in [2.75, 3.05) is 19.7 Å². The lowest BCUT2D eigenvalue weighted by molar-refractivity contribution is -0.121. The highest BCUT2D eigenvalue weighted by Gasteiger charge is 2.13. The molecule has 0 spiro atoms. The van der Waals surface area contributed by atoms with Crippen molar-refractivity contribution in [3.05, 3.63) is 64.7 Å². The summed E-state index contributed by atoms with van der Waals surface area (Å²) in [5, 5.41) is 5.65. The van der Waals surface area contributed by atoms with Gasteiger partial charge in [-0.05, 0) is 66.6 Å². The summed E-state index contributed by atoms with van der Waals surface area (Å²) in [7, 11) is 0. The van der Waals surface area contributed by atoms with E-state index in [-0.39, 0.29) is 17.2 Å². The molecule has 30 heavy (non-hydrogen) atoms. The van der Waals surface area contributed by atoms with E-state index in [2.05, 4.69) is 43.5 Å². The summed E-state index contributed by atoms with van der Waals surface area (Å²) in [6.45, 7) is 11.8. The Morgan fingerprint density at radius 2 is 1.57 bits per heavy atom. The average Bonchev–Trinajstić information content (AvgIpc) is 2.70. The third-order valence-electron chi connectivity index (χ3n) is 5.04. The molecule has 2 N–H and O–H groups in total. The molecule has 0 bridgehead atoms. The summed E-state index contributed by atoms with van der Waals surface area (Å²) in [5.74, 6) is 0.651. The minimum Gasteiger partial charge on any atom is -0.494 e. The van der Waals surface area contributed by atoms with Gasteiger partial charge in [-0.25, -0.2) is 0 Å². The number of ether oxygens (including phenoxy) is 1. The molecule has 0 heterocycles. The molecular weight excluding hydrogens is 376 g/mol. The lowest BCUT2D eigenvalue weighted by Crippen LogP contribution is -2.34. The zero-order chi connectivity index (χ0) is 22.1. The second-order valence-electron chi connectivity index (χ2n) is 8.63. The van der Waals surface area contributed by atoms with Gasteiger partial charge in [-0.15, -0.1) is 0 Å².